The second-order valence-electron chi connectivity index (χ2n) is 9.88. The van der Waals surface area contributed by atoms with E-state index in [4.69, 9.17) is 4.74 Å². The number of hydrogen-bond acceptors (Lipinski definition) is 5. The highest BCUT2D eigenvalue weighted by Crippen LogP contribution is 2.29. The maximum absolute atomic E-state index is 15.1. The molecule has 0 unspecified atom stereocenters. The molecule has 212 valence electrons. The summed E-state index contributed by atoms with van der Waals surface area (Å²) in [5.74, 6) is -0.681. The molecule has 10 heteroatoms. The van der Waals surface area contributed by atoms with Crippen LogP contribution in [0.1, 0.15) is 24.6 Å². The largest absolute Gasteiger partial charge is 0.442 e. The highest BCUT2D eigenvalue weighted by Gasteiger charge is 2.32. The standard InChI is InChI=1S/C31H30FN3O5S/c1-22(36)33-20-27-21-34(31(37)40-27)26-16-17-29(30(32)19-26)24-14-12-23(13-15-24)7-5-8-25-9-6-18-35(25)41(38,39)28-10-3-2-4-11-28/h2-4,6,9-19,27H,5,7-8,20-21H2,1H3,(H,33,36)/t27-/m0/s1. The molecule has 0 saturated carbocycles. The lowest BCUT2D eigenvalue weighted by Crippen LogP contribution is -2.33. The molecule has 8 nitrogen and oxygen atoms in total. The van der Waals surface area contributed by atoms with Crippen LogP contribution < -0.4 is 10.2 Å². The summed E-state index contributed by atoms with van der Waals surface area (Å²) in [6, 6.07) is 24.1. The van der Waals surface area contributed by atoms with E-state index in [2.05, 4.69) is 5.32 Å². The Bertz CT molecular complexity index is 1650. The van der Waals surface area contributed by atoms with Crippen molar-refractivity contribution in [2.45, 2.75) is 37.2 Å². The van der Waals surface area contributed by atoms with Crippen LogP contribution in [0.2, 0.25) is 0 Å². The summed E-state index contributed by atoms with van der Waals surface area (Å²) in [6.07, 6.45) is 2.55. The third-order valence-corrected chi connectivity index (χ3v) is 8.72. The average Bonchev–Trinajstić information content (AvgIpc) is 3.60. The van der Waals surface area contributed by atoms with Gasteiger partial charge in [-0.3, -0.25) is 9.69 Å². The molecule has 0 spiro atoms. The van der Waals surface area contributed by atoms with Gasteiger partial charge in [-0.25, -0.2) is 21.6 Å². The average molecular weight is 576 g/mol. The quantitative estimate of drug-likeness (QED) is 0.282. The molecule has 1 aliphatic heterocycles. The number of anilines is 1. The van der Waals surface area contributed by atoms with E-state index in [1.165, 1.54) is 21.9 Å². The molecule has 41 heavy (non-hydrogen) atoms. The number of aromatic nitrogens is 1. The molecule has 4 aromatic rings. The molecule has 0 radical (unpaired) electrons. The van der Waals surface area contributed by atoms with Gasteiger partial charge in [0.1, 0.15) is 11.9 Å². The zero-order valence-corrected chi connectivity index (χ0v) is 23.3. The Labute approximate surface area is 238 Å². The lowest BCUT2D eigenvalue weighted by Gasteiger charge is -2.15. The maximum Gasteiger partial charge on any atom is 0.414 e. The number of benzene rings is 3. The van der Waals surface area contributed by atoms with E-state index in [9.17, 15) is 18.0 Å². The summed E-state index contributed by atoms with van der Waals surface area (Å²) >= 11 is 0. The van der Waals surface area contributed by atoms with Gasteiger partial charge in [-0.1, -0.05) is 42.5 Å². The number of aryl methyl sites for hydroxylation is 2. The number of amides is 2. The third kappa shape index (κ3) is 6.33. The number of carbonyl (C=O) groups is 2. The number of halogens is 1. The van der Waals surface area contributed by atoms with Crippen molar-refractivity contribution in [2.24, 2.45) is 0 Å². The Kier molecular flexibility index (Phi) is 8.21. The molecule has 2 amide bonds. The van der Waals surface area contributed by atoms with Crippen molar-refractivity contribution in [1.29, 1.82) is 0 Å². The van der Waals surface area contributed by atoms with Crippen LogP contribution in [0.3, 0.4) is 0 Å². The van der Waals surface area contributed by atoms with Crippen molar-refractivity contribution < 1.29 is 27.1 Å². The lowest BCUT2D eigenvalue weighted by atomic mass is 10.0. The van der Waals surface area contributed by atoms with Crippen molar-refractivity contribution >= 4 is 27.7 Å². The van der Waals surface area contributed by atoms with E-state index < -0.39 is 28.0 Å². The van der Waals surface area contributed by atoms with Crippen molar-refractivity contribution in [2.75, 3.05) is 18.0 Å². The second kappa shape index (κ2) is 12.0. The van der Waals surface area contributed by atoms with E-state index >= 15 is 4.39 Å². The Morgan fingerprint density at radius 1 is 1.00 bits per heavy atom. The molecular weight excluding hydrogens is 545 g/mol. The molecule has 1 fully saturated rings. The van der Waals surface area contributed by atoms with Gasteiger partial charge in [-0.05, 0) is 72.9 Å². The number of rotatable bonds is 10. The van der Waals surface area contributed by atoms with Crippen LogP contribution in [0.4, 0.5) is 14.9 Å². The van der Waals surface area contributed by atoms with E-state index in [0.29, 0.717) is 23.2 Å². The first kappa shape index (κ1) is 28.1. The summed E-state index contributed by atoms with van der Waals surface area (Å²) < 4.78 is 47.7. The number of nitrogens with zero attached hydrogens (tertiary/aromatic N) is 2. The first-order valence-electron chi connectivity index (χ1n) is 13.3. The fraction of sp³-hybridized carbons (Fsp3) is 0.226. The van der Waals surface area contributed by atoms with Crippen molar-refractivity contribution in [3.8, 4) is 11.1 Å². The van der Waals surface area contributed by atoms with Crippen LogP contribution >= 0.6 is 0 Å². The van der Waals surface area contributed by atoms with Crippen LogP contribution in [0.15, 0.2) is 96.0 Å². The molecule has 2 heterocycles. The highest BCUT2D eigenvalue weighted by molar-refractivity contribution is 7.90. The SMILES string of the molecule is CC(=O)NC[C@H]1CN(c2ccc(-c3ccc(CCCc4cccn4S(=O)(=O)c4ccccc4)cc3)c(F)c2)C(=O)O1. The van der Waals surface area contributed by atoms with Gasteiger partial charge in [-0.2, -0.15) is 0 Å². The molecule has 1 saturated heterocycles. The summed E-state index contributed by atoms with van der Waals surface area (Å²) in [5, 5.41) is 2.62. The minimum atomic E-state index is -3.64. The van der Waals surface area contributed by atoms with Crippen molar-refractivity contribution in [3.05, 3.63) is 108 Å². The van der Waals surface area contributed by atoms with Crippen LogP contribution in [-0.2, 0) is 32.4 Å². The predicted molar refractivity (Wildman–Crippen MR) is 154 cm³/mol. The number of carbonyl (C=O) groups excluding carboxylic acids is 2. The van der Waals surface area contributed by atoms with Gasteiger partial charge in [0.15, 0.2) is 0 Å². The molecule has 1 aromatic heterocycles. The lowest BCUT2D eigenvalue weighted by molar-refractivity contribution is -0.119. The zero-order chi connectivity index (χ0) is 29.0. The summed E-state index contributed by atoms with van der Waals surface area (Å²) in [7, 11) is -3.64. The fourth-order valence-electron chi connectivity index (χ4n) is 4.86. The number of ether oxygens (including phenoxy) is 1. The van der Waals surface area contributed by atoms with Crippen LogP contribution in [-0.4, -0.2) is 43.6 Å². The molecule has 1 aliphatic rings. The minimum Gasteiger partial charge on any atom is -0.442 e. The fourth-order valence-corrected chi connectivity index (χ4v) is 6.28. The maximum atomic E-state index is 15.1. The van der Waals surface area contributed by atoms with Gasteiger partial charge >= 0.3 is 6.09 Å². The van der Waals surface area contributed by atoms with Gasteiger partial charge in [0, 0.05) is 24.4 Å². The Hall–Kier alpha value is -4.44. The zero-order valence-electron chi connectivity index (χ0n) is 22.5. The summed E-state index contributed by atoms with van der Waals surface area (Å²) in [6.45, 7) is 1.80. The van der Waals surface area contributed by atoms with Gasteiger partial charge in [-0.15, -0.1) is 0 Å². The van der Waals surface area contributed by atoms with Gasteiger partial charge in [0.05, 0.1) is 23.7 Å². The van der Waals surface area contributed by atoms with Gasteiger partial charge in [0.2, 0.25) is 5.91 Å². The van der Waals surface area contributed by atoms with Crippen molar-refractivity contribution in [3.63, 3.8) is 0 Å². The second-order valence-corrected chi connectivity index (χ2v) is 11.7. The smallest absolute Gasteiger partial charge is 0.414 e. The van der Waals surface area contributed by atoms with E-state index in [-0.39, 0.29) is 23.9 Å². The molecule has 1 atom stereocenters. The van der Waals surface area contributed by atoms with E-state index in [1.54, 1.807) is 54.7 Å². The summed E-state index contributed by atoms with van der Waals surface area (Å²) in [5.41, 5.74) is 3.27. The predicted octanol–water partition coefficient (Wildman–Crippen LogP) is 5.17. The highest BCUT2D eigenvalue weighted by atomic mass is 32.2. The van der Waals surface area contributed by atoms with Gasteiger partial charge in [0.25, 0.3) is 10.0 Å². The first-order valence-corrected chi connectivity index (χ1v) is 14.7. The van der Waals surface area contributed by atoms with E-state index in [1.807, 2.05) is 30.3 Å². The molecule has 0 bridgehead atoms. The minimum absolute atomic E-state index is 0.198. The van der Waals surface area contributed by atoms with Crippen LogP contribution in [0, 0.1) is 5.82 Å². The number of cyclic esters (lactones) is 1. The molecular formula is C31H30FN3O5S. The Balaban J connectivity index is 1.20. The normalized spacial score (nSPS) is 15.1. The van der Waals surface area contributed by atoms with E-state index in [0.717, 1.165) is 24.1 Å². The Morgan fingerprint density at radius 3 is 2.46 bits per heavy atom. The number of hydrogen-bond donors (Lipinski definition) is 1. The molecule has 0 aliphatic carbocycles. The first-order chi connectivity index (χ1) is 19.7. The Morgan fingerprint density at radius 2 is 1.76 bits per heavy atom. The van der Waals surface area contributed by atoms with Crippen LogP contribution in [0.25, 0.3) is 11.1 Å². The third-order valence-electron chi connectivity index (χ3n) is 6.97. The molecule has 5 rings (SSSR count). The number of nitrogens with one attached hydrogen (secondary N) is 1. The molecule has 3 aromatic carbocycles. The van der Waals surface area contributed by atoms with Crippen LogP contribution in [0.5, 0.6) is 0 Å². The molecule has 1 N–H and O–H groups in total. The van der Waals surface area contributed by atoms with Crippen molar-refractivity contribution in [1.82, 2.24) is 9.29 Å². The monoisotopic (exact) mass is 575 g/mol. The van der Waals surface area contributed by atoms with Gasteiger partial charge < -0.3 is 10.1 Å². The topological polar surface area (TPSA) is 97.7 Å². The summed E-state index contributed by atoms with van der Waals surface area (Å²) in [4.78, 5) is 25.0.